The summed E-state index contributed by atoms with van der Waals surface area (Å²) in [6, 6.07) is 5.98. The van der Waals surface area contributed by atoms with Crippen LogP contribution in [0.15, 0.2) is 18.2 Å². The molecule has 27 heavy (non-hydrogen) atoms. The number of benzene rings is 1. The maximum atomic E-state index is 12.9. The van der Waals surface area contributed by atoms with E-state index in [2.05, 4.69) is 26.1 Å². The Morgan fingerprint density at radius 3 is 2.41 bits per heavy atom. The van der Waals surface area contributed by atoms with Gasteiger partial charge in [0.05, 0.1) is 0 Å². The summed E-state index contributed by atoms with van der Waals surface area (Å²) >= 11 is 0. The van der Waals surface area contributed by atoms with E-state index in [0.717, 1.165) is 24.1 Å². The van der Waals surface area contributed by atoms with Crippen LogP contribution in [0.3, 0.4) is 0 Å². The highest BCUT2D eigenvalue weighted by Gasteiger charge is 2.36. The predicted molar refractivity (Wildman–Crippen MR) is 109 cm³/mol. The molecule has 0 saturated heterocycles. The van der Waals surface area contributed by atoms with E-state index in [-0.39, 0.29) is 30.4 Å². The molecule has 1 atom stereocenters. The van der Waals surface area contributed by atoms with Gasteiger partial charge in [0.15, 0.2) is 0 Å². The molecule has 1 aliphatic carbocycles. The van der Waals surface area contributed by atoms with Crippen molar-refractivity contribution in [2.24, 2.45) is 11.8 Å². The number of carbonyl (C=O) groups excluding carboxylic acids is 2. The van der Waals surface area contributed by atoms with Crippen molar-refractivity contribution < 1.29 is 14.3 Å². The van der Waals surface area contributed by atoms with E-state index in [1.165, 1.54) is 7.11 Å². The minimum atomic E-state index is -0.192. The molecule has 6 nitrogen and oxygen atoms in total. The Bertz CT molecular complexity index is 669. The van der Waals surface area contributed by atoms with E-state index in [4.69, 9.17) is 4.74 Å². The van der Waals surface area contributed by atoms with Gasteiger partial charge in [0.1, 0.15) is 6.61 Å². The lowest BCUT2D eigenvalue weighted by molar-refractivity contribution is -0.136. The second-order valence-electron chi connectivity index (χ2n) is 7.94. The Hall–Kier alpha value is -2.08. The third-order valence-corrected chi connectivity index (χ3v) is 5.13. The smallest absolute Gasteiger partial charge is 0.250 e. The van der Waals surface area contributed by atoms with E-state index >= 15 is 0 Å². The van der Waals surface area contributed by atoms with Crippen LogP contribution in [-0.4, -0.2) is 50.6 Å². The van der Waals surface area contributed by atoms with E-state index in [1.54, 1.807) is 0 Å². The van der Waals surface area contributed by atoms with Crippen molar-refractivity contribution in [3.8, 4) is 0 Å². The molecule has 150 valence electrons. The molecule has 1 fully saturated rings. The first-order valence-corrected chi connectivity index (χ1v) is 9.64. The molecule has 2 rings (SSSR count). The van der Waals surface area contributed by atoms with Gasteiger partial charge in [-0.15, -0.1) is 0 Å². The summed E-state index contributed by atoms with van der Waals surface area (Å²) in [5, 5.41) is 2.85. The van der Waals surface area contributed by atoms with Crippen molar-refractivity contribution in [3.63, 3.8) is 0 Å². The maximum absolute atomic E-state index is 12.9. The van der Waals surface area contributed by atoms with Gasteiger partial charge >= 0.3 is 0 Å². The van der Waals surface area contributed by atoms with Crippen molar-refractivity contribution in [3.05, 3.63) is 23.8 Å². The fourth-order valence-electron chi connectivity index (χ4n) is 3.09. The molecule has 1 saturated carbocycles. The second-order valence-corrected chi connectivity index (χ2v) is 7.94. The van der Waals surface area contributed by atoms with Crippen molar-refractivity contribution in [1.29, 1.82) is 0 Å². The number of methoxy groups -OCH3 is 1. The molecular weight excluding hydrogens is 342 g/mol. The average Bonchev–Trinajstić information content (AvgIpc) is 3.43. The molecule has 0 aliphatic heterocycles. The first kappa shape index (κ1) is 21.2. The summed E-state index contributed by atoms with van der Waals surface area (Å²) in [7, 11) is 5.47. The van der Waals surface area contributed by atoms with Gasteiger partial charge in [-0.1, -0.05) is 13.8 Å². The van der Waals surface area contributed by atoms with Crippen LogP contribution in [-0.2, 0) is 20.9 Å². The van der Waals surface area contributed by atoms with Gasteiger partial charge < -0.3 is 19.9 Å². The van der Waals surface area contributed by atoms with Gasteiger partial charge in [-0.3, -0.25) is 9.59 Å². The Labute approximate surface area is 162 Å². The maximum Gasteiger partial charge on any atom is 0.250 e. The van der Waals surface area contributed by atoms with Gasteiger partial charge in [0.2, 0.25) is 11.8 Å². The van der Waals surface area contributed by atoms with Crippen LogP contribution in [0.1, 0.15) is 39.2 Å². The van der Waals surface area contributed by atoms with Gasteiger partial charge in [-0.05, 0) is 49.4 Å². The van der Waals surface area contributed by atoms with Crippen LogP contribution in [0, 0.1) is 11.8 Å². The molecule has 1 aromatic carbocycles. The summed E-state index contributed by atoms with van der Waals surface area (Å²) in [6.07, 6.45) is 1.99. The van der Waals surface area contributed by atoms with Gasteiger partial charge in [0.25, 0.3) is 0 Å². The van der Waals surface area contributed by atoms with E-state index in [0.29, 0.717) is 18.2 Å². The Morgan fingerprint density at radius 2 is 1.89 bits per heavy atom. The molecular formula is C21H33N3O3. The topological polar surface area (TPSA) is 61.9 Å². The number of nitrogens with zero attached hydrogens (tertiary/aromatic N) is 2. The van der Waals surface area contributed by atoms with Crippen LogP contribution in [0.2, 0.25) is 0 Å². The SMILES string of the molecule is COCC(=O)Nc1ccc(N(C)C)c(CN(C(=O)C2CC2)C(C)C(C)C)c1. The number of rotatable bonds is 9. The van der Waals surface area contributed by atoms with Crippen molar-refractivity contribution >= 4 is 23.2 Å². The first-order chi connectivity index (χ1) is 12.7. The minimum absolute atomic E-state index is 0.0153. The van der Waals surface area contributed by atoms with Gasteiger partial charge in [-0.25, -0.2) is 0 Å². The third kappa shape index (κ3) is 5.70. The minimum Gasteiger partial charge on any atom is -0.377 e. The molecule has 1 aromatic rings. The summed E-state index contributed by atoms with van der Waals surface area (Å²) in [6.45, 7) is 6.96. The van der Waals surface area contributed by atoms with Crippen molar-refractivity contribution in [2.45, 2.75) is 46.2 Å². The van der Waals surface area contributed by atoms with Gasteiger partial charge in [0, 0.05) is 51.1 Å². The first-order valence-electron chi connectivity index (χ1n) is 9.64. The van der Waals surface area contributed by atoms with Crippen molar-refractivity contribution in [2.75, 3.05) is 38.0 Å². The Balaban J connectivity index is 2.30. The highest BCUT2D eigenvalue weighted by molar-refractivity contribution is 5.92. The largest absolute Gasteiger partial charge is 0.377 e. The number of hydrogen-bond donors (Lipinski definition) is 1. The molecule has 0 bridgehead atoms. The zero-order valence-corrected chi connectivity index (χ0v) is 17.4. The fraction of sp³-hybridized carbons (Fsp3) is 0.619. The number of anilines is 2. The Morgan fingerprint density at radius 1 is 1.22 bits per heavy atom. The third-order valence-electron chi connectivity index (χ3n) is 5.13. The number of hydrogen-bond acceptors (Lipinski definition) is 4. The zero-order chi connectivity index (χ0) is 20.1. The highest BCUT2D eigenvalue weighted by Crippen LogP contribution is 2.34. The molecule has 1 aliphatic rings. The number of amides is 2. The molecule has 2 amide bonds. The van der Waals surface area contributed by atoms with E-state index < -0.39 is 0 Å². The molecule has 0 heterocycles. The predicted octanol–water partition coefficient (Wildman–Crippen LogP) is 3.12. The van der Waals surface area contributed by atoms with Crippen LogP contribution >= 0.6 is 0 Å². The van der Waals surface area contributed by atoms with Crippen molar-refractivity contribution in [1.82, 2.24) is 4.90 Å². The van der Waals surface area contributed by atoms with Gasteiger partial charge in [-0.2, -0.15) is 0 Å². The lowest BCUT2D eigenvalue weighted by Gasteiger charge is -2.33. The normalized spacial score (nSPS) is 14.8. The Kier molecular flexibility index (Phi) is 7.25. The average molecular weight is 376 g/mol. The molecule has 1 N–H and O–H groups in total. The zero-order valence-electron chi connectivity index (χ0n) is 17.4. The fourth-order valence-corrected chi connectivity index (χ4v) is 3.09. The van der Waals surface area contributed by atoms with Crippen LogP contribution in [0.25, 0.3) is 0 Å². The molecule has 1 unspecified atom stereocenters. The van der Waals surface area contributed by atoms with Crippen LogP contribution in [0.4, 0.5) is 11.4 Å². The summed E-state index contributed by atoms with van der Waals surface area (Å²) in [4.78, 5) is 28.8. The molecule has 0 aromatic heterocycles. The summed E-state index contributed by atoms with van der Waals surface area (Å²) in [5.41, 5.74) is 2.79. The van der Waals surface area contributed by atoms with Crippen LogP contribution < -0.4 is 10.2 Å². The van der Waals surface area contributed by atoms with E-state index in [9.17, 15) is 9.59 Å². The molecule has 6 heteroatoms. The number of nitrogens with one attached hydrogen (secondary N) is 1. The summed E-state index contributed by atoms with van der Waals surface area (Å²) < 4.78 is 4.88. The summed E-state index contributed by atoms with van der Waals surface area (Å²) in [5.74, 6) is 0.607. The standard InChI is InChI=1S/C21H33N3O3/c1-14(2)15(3)24(21(26)16-7-8-16)12-17-11-18(22-20(25)13-27-6)9-10-19(17)23(4)5/h9-11,14-16H,7-8,12-13H2,1-6H3,(H,22,25). The number of carbonyl (C=O) groups is 2. The lowest BCUT2D eigenvalue weighted by Crippen LogP contribution is -2.42. The highest BCUT2D eigenvalue weighted by atomic mass is 16.5. The monoisotopic (exact) mass is 375 g/mol. The lowest BCUT2D eigenvalue weighted by atomic mass is 10.0. The number of ether oxygens (including phenoxy) is 1. The molecule has 0 radical (unpaired) electrons. The quantitative estimate of drug-likeness (QED) is 0.720. The molecule has 0 spiro atoms. The van der Waals surface area contributed by atoms with Crippen LogP contribution in [0.5, 0.6) is 0 Å². The van der Waals surface area contributed by atoms with E-state index in [1.807, 2.05) is 42.1 Å². The second kappa shape index (κ2) is 9.22.